The Morgan fingerprint density at radius 2 is 2.08 bits per heavy atom. The summed E-state index contributed by atoms with van der Waals surface area (Å²) in [6, 6.07) is 0.00898. The number of hydrogen-bond donors (Lipinski definition) is 3. The van der Waals surface area contributed by atoms with E-state index in [9.17, 15) is 9.59 Å². The molecule has 0 radical (unpaired) electrons. The van der Waals surface area contributed by atoms with Gasteiger partial charge >= 0.3 is 6.03 Å². The van der Waals surface area contributed by atoms with Gasteiger partial charge in [-0.25, -0.2) is 4.79 Å². The molecule has 1 saturated carbocycles. The van der Waals surface area contributed by atoms with E-state index in [1.54, 1.807) is 6.20 Å². The molecule has 8 heteroatoms. The van der Waals surface area contributed by atoms with Gasteiger partial charge in [0, 0.05) is 25.4 Å². The average molecular weight is 335 g/mol. The Kier molecular flexibility index (Phi) is 5.68. The van der Waals surface area contributed by atoms with Crippen molar-refractivity contribution in [3.8, 4) is 0 Å². The van der Waals surface area contributed by atoms with Crippen LogP contribution >= 0.6 is 0 Å². The van der Waals surface area contributed by atoms with E-state index in [4.69, 9.17) is 4.74 Å². The molecular formula is C16H25N5O3. The maximum absolute atomic E-state index is 12.0. The lowest BCUT2D eigenvalue weighted by atomic mass is 10.2. The molecule has 1 saturated heterocycles. The summed E-state index contributed by atoms with van der Waals surface area (Å²) in [4.78, 5) is 23.8. The summed E-state index contributed by atoms with van der Waals surface area (Å²) in [5, 5.41) is 12.6. The van der Waals surface area contributed by atoms with Gasteiger partial charge in [-0.1, -0.05) is 12.8 Å². The first-order valence-electron chi connectivity index (χ1n) is 8.67. The number of nitrogens with zero attached hydrogens (tertiary/aromatic N) is 2. The lowest BCUT2D eigenvalue weighted by Gasteiger charge is -2.11. The van der Waals surface area contributed by atoms with E-state index in [0.29, 0.717) is 18.3 Å². The van der Waals surface area contributed by atoms with Crippen LogP contribution in [0.1, 0.15) is 38.5 Å². The lowest BCUT2D eigenvalue weighted by molar-refractivity contribution is -0.122. The number of amides is 3. The van der Waals surface area contributed by atoms with E-state index >= 15 is 0 Å². The highest BCUT2D eigenvalue weighted by atomic mass is 16.5. The van der Waals surface area contributed by atoms with Gasteiger partial charge in [-0.2, -0.15) is 5.10 Å². The summed E-state index contributed by atoms with van der Waals surface area (Å²) in [7, 11) is 0. The lowest BCUT2D eigenvalue weighted by Crippen LogP contribution is -2.35. The van der Waals surface area contributed by atoms with Gasteiger partial charge in [0.25, 0.3) is 0 Å². The third kappa shape index (κ3) is 4.95. The number of rotatable bonds is 6. The Bertz CT molecular complexity index is 562. The summed E-state index contributed by atoms with van der Waals surface area (Å²) in [5.41, 5.74) is 0.563. The van der Waals surface area contributed by atoms with Gasteiger partial charge in [-0.3, -0.25) is 9.48 Å². The molecule has 132 valence electrons. The van der Waals surface area contributed by atoms with Crippen molar-refractivity contribution in [3.63, 3.8) is 0 Å². The van der Waals surface area contributed by atoms with Gasteiger partial charge in [-0.05, 0) is 25.7 Å². The minimum absolute atomic E-state index is 0.0422. The Balaban J connectivity index is 1.39. The number of ether oxygens (including phenoxy) is 1. The molecule has 1 aromatic heterocycles. The fourth-order valence-corrected chi connectivity index (χ4v) is 3.19. The van der Waals surface area contributed by atoms with Gasteiger partial charge in [0.05, 0.1) is 18.0 Å². The van der Waals surface area contributed by atoms with Crippen LogP contribution in [-0.2, 0) is 16.1 Å². The zero-order valence-corrected chi connectivity index (χ0v) is 13.8. The van der Waals surface area contributed by atoms with Crippen molar-refractivity contribution >= 4 is 17.6 Å². The second-order valence-corrected chi connectivity index (χ2v) is 6.45. The molecule has 1 atom stereocenters. The normalized spacial score (nSPS) is 20.9. The van der Waals surface area contributed by atoms with E-state index in [0.717, 1.165) is 32.3 Å². The largest absolute Gasteiger partial charge is 0.376 e. The van der Waals surface area contributed by atoms with Gasteiger partial charge in [0.1, 0.15) is 6.54 Å². The summed E-state index contributed by atoms with van der Waals surface area (Å²) >= 11 is 0. The second kappa shape index (κ2) is 8.14. The molecule has 3 rings (SSSR count). The fourth-order valence-electron chi connectivity index (χ4n) is 3.19. The van der Waals surface area contributed by atoms with Crippen LogP contribution in [0.3, 0.4) is 0 Å². The first-order valence-corrected chi connectivity index (χ1v) is 8.67. The van der Waals surface area contributed by atoms with Crippen molar-refractivity contribution in [3.05, 3.63) is 12.4 Å². The highest BCUT2D eigenvalue weighted by Gasteiger charge is 2.18. The second-order valence-electron chi connectivity index (χ2n) is 6.45. The number of nitrogens with one attached hydrogen (secondary N) is 3. The SMILES string of the molecule is O=C(Cn1cc(NC(=O)NC[C@H]2CCCO2)cn1)NC1CCCC1. The summed E-state index contributed by atoms with van der Waals surface area (Å²) in [6.07, 6.45) is 9.80. The zero-order chi connectivity index (χ0) is 16.8. The van der Waals surface area contributed by atoms with E-state index in [-0.39, 0.29) is 24.6 Å². The molecule has 0 spiro atoms. The highest BCUT2D eigenvalue weighted by molar-refractivity contribution is 5.88. The molecule has 3 N–H and O–H groups in total. The molecule has 0 unspecified atom stereocenters. The first kappa shape index (κ1) is 16.8. The van der Waals surface area contributed by atoms with Crippen LogP contribution in [0.15, 0.2) is 12.4 Å². The van der Waals surface area contributed by atoms with E-state index < -0.39 is 0 Å². The Labute approximate surface area is 141 Å². The minimum Gasteiger partial charge on any atom is -0.376 e. The smallest absolute Gasteiger partial charge is 0.319 e. The predicted octanol–water partition coefficient (Wildman–Crippen LogP) is 1.24. The predicted molar refractivity (Wildman–Crippen MR) is 88.6 cm³/mol. The van der Waals surface area contributed by atoms with Crippen LogP contribution in [0.4, 0.5) is 10.5 Å². The molecule has 2 fully saturated rings. The molecule has 1 aliphatic carbocycles. The molecule has 8 nitrogen and oxygen atoms in total. The monoisotopic (exact) mass is 335 g/mol. The summed E-state index contributed by atoms with van der Waals surface area (Å²) in [6.45, 7) is 1.43. The van der Waals surface area contributed by atoms with Crippen LogP contribution in [0.2, 0.25) is 0 Å². The van der Waals surface area contributed by atoms with Crippen LogP contribution in [0, 0.1) is 0 Å². The van der Waals surface area contributed by atoms with E-state index in [1.165, 1.54) is 23.7 Å². The minimum atomic E-state index is -0.291. The van der Waals surface area contributed by atoms with Crippen molar-refractivity contribution in [2.45, 2.75) is 57.2 Å². The van der Waals surface area contributed by atoms with Crippen molar-refractivity contribution in [2.24, 2.45) is 0 Å². The van der Waals surface area contributed by atoms with Crippen molar-refractivity contribution in [2.75, 3.05) is 18.5 Å². The Morgan fingerprint density at radius 3 is 2.83 bits per heavy atom. The molecular weight excluding hydrogens is 310 g/mol. The third-order valence-corrected chi connectivity index (χ3v) is 4.43. The molecule has 2 heterocycles. The highest BCUT2D eigenvalue weighted by Crippen LogP contribution is 2.17. The first-order chi connectivity index (χ1) is 11.7. The number of anilines is 1. The maximum atomic E-state index is 12.0. The quantitative estimate of drug-likeness (QED) is 0.728. The third-order valence-electron chi connectivity index (χ3n) is 4.43. The van der Waals surface area contributed by atoms with Gasteiger partial charge in [-0.15, -0.1) is 0 Å². The molecule has 24 heavy (non-hydrogen) atoms. The average Bonchev–Trinajstić information content (AvgIpc) is 3.28. The molecule has 3 amide bonds. The number of carbonyl (C=O) groups excluding carboxylic acids is 2. The van der Waals surface area contributed by atoms with Crippen LogP contribution < -0.4 is 16.0 Å². The van der Waals surface area contributed by atoms with Crippen molar-refractivity contribution < 1.29 is 14.3 Å². The zero-order valence-electron chi connectivity index (χ0n) is 13.8. The standard InChI is InChI=1S/C16H25N5O3/c22-15(19-12-4-1-2-5-12)11-21-10-13(8-18-21)20-16(23)17-9-14-6-3-7-24-14/h8,10,12,14H,1-7,9,11H2,(H,19,22)(H2,17,20,23)/t14-/m1/s1. The number of carbonyl (C=O) groups is 2. The summed E-state index contributed by atoms with van der Waals surface area (Å²) in [5.74, 6) is -0.0422. The molecule has 1 aliphatic heterocycles. The number of aromatic nitrogens is 2. The fraction of sp³-hybridized carbons (Fsp3) is 0.688. The number of hydrogen-bond acceptors (Lipinski definition) is 4. The van der Waals surface area contributed by atoms with E-state index in [1.807, 2.05) is 0 Å². The van der Waals surface area contributed by atoms with Crippen LogP contribution in [-0.4, -0.2) is 47.0 Å². The van der Waals surface area contributed by atoms with Crippen LogP contribution in [0.25, 0.3) is 0 Å². The topological polar surface area (TPSA) is 97.3 Å². The molecule has 0 aromatic carbocycles. The molecule has 1 aromatic rings. The van der Waals surface area contributed by atoms with Crippen molar-refractivity contribution in [1.29, 1.82) is 0 Å². The van der Waals surface area contributed by atoms with E-state index in [2.05, 4.69) is 21.0 Å². The summed E-state index contributed by atoms with van der Waals surface area (Å²) < 4.78 is 6.98. The Morgan fingerprint density at radius 1 is 1.25 bits per heavy atom. The van der Waals surface area contributed by atoms with Gasteiger partial charge in [0.2, 0.25) is 5.91 Å². The number of urea groups is 1. The Hall–Kier alpha value is -2.09. The van der Waals surface area contributed by atoms with Crippen molar-refractivity contribution in [1.82, 2.24) is 20.4 Å². The van der Waals surface area contributed by atoms with Gasteiger partial charge < -0.3 is 20.7 Å². The molecule has 0 bridgehead atoms. The molecule has 2 aliphatic rings. The van der Waals surface area contributed by atoms with Gasteiger partial charge in [0.15, 0.2) is 0 Å². The van der Waals surface area contributed by atoms with Crippen LogP contribution in [0.5, 0.6) is 0 Å². The maximum Gasteiger partial charge on any atom is 0.319 e.